The fraction of sp³-hybridized carbons (Fsp3) is 0.462. The van der Waals surface area contributed by atoms with E-state index in [-0.39, 0.29) is 17.9 Å². The zero-order valence-corrected chi connectivity index (χ0v) is 14.4. The Kier molecular flexibility index (Phi) is 8.00. The minimum atomic E-state index is -1.15. The molecule has 0 spiro atoms. The Balaban J connectivity index is 2.74. The zero-order valence-electron chi connectivity index (χ0n) is 12.8. The average molecular weight is 361 g/mol. The number of aryl methyl sites for hydroxylation is 1. The van der Waals surface area contributed by atoms with E-state index < -0.39 is 34.0 Å². The van der Waals surface area contributed by atoms with E-state index in [0.29, 0.717) is 10.8 Å². The molecule has 2 atom stereocenters. The molecule has 8 nitrogen and oxygen atoms in total. The van der Waals surface area contributed by atoms with Gasteiger partial charge in [0.1, 0.15) is 0 Å². The Morgan fingerprint density at radius 3 is 2.70 bits per heavy atom. The molecule has 1 unspecified atom stereocenters. The summed E-state index contributed by atoms with van der Waals surface area (Å²) in [6, 6.07) is -0.630. The van der Waals surface area contributed by atoms with Crippen LogP contribution in [0.3, 0.4) is 0 Å². The maximum absolute atomic E-state index is 11.8. The van der Waals surface area contributed by atoms with Gasteiger partial charge in [0.25, 0.3) is 5.56 Å². The number of hydrogen-bond acceptors (Lipinski definition) is 6. The topological polar surface area (TPSA) is 132 Å². The maximum Gasteiger partial charge on any atom is 0.325 e. The minimum Gasteiger partial charge on any atom is -0.394 e. The van der Waals surface area contributed by atoms with Gasteiger partial charge >= 0.3 is 5.69 Å². The first-order valence-electron chi connectivity index (χ1n) is 6.64. The number of nitrogens with one attached hydrogen (secondary N) is 3. The highest BCUT2D eigenvalue weighted by molar-refractivity contribution is 8.09. The lowest BCUT2D eigenvalue weighted by Gasteiger charge is -2.14. The first-order chi connectivity index (χ1) is 10.9. The molecular weight excluding hydrogens is 342 g/mol. The molecule has 0 saturated heterocycles. The molecule has 0 aliphatic heterocycles. The highest BCUT2D eigenvalue weighted by atomic mass is 32.2. The third kappa shape index (κ3) is 6.55. The van der Waals surface area contributed by atoms with E-state index in [9.17, 15) is 23.7 Å². The molecule has 1 rings (SSSR count). The van der Waals surface area contributed by atoms with E-state index in [1.165, 1.54) is 24.8 Å². The van der Waals surface area contributed by atoms with Crippen molar-refractivity contribution in [3.05, 3.63) is 38.2 Å². The predicted octanol–water partition coefficient (Wildman–Crippen LogP) is -1.07. The van der Waals surface area contributed by atoms with Crippen LogP contribution in [0.15, 0.2) is 15.7 Å². The van der Waals surface area contributed by atoms with Crippen molar-refractivity contribution in [1.29, 1.82) is 0 Å². The van der Waals surface area contributed by atoms with Crippen LogP contribution >= 0.6 is 11.8 Å². The molecule has 23 heavy (non-hydrogen) atoms. The monoisotopic (exact) mass is 361 g/mol. The van der Waals surface area contributed by atoms with Crippen molar-refractivity contribution in [2.24, 2.45) is 0 Å². The molecular formula is C13H19N3O5S2. The quantitative estimate of drug-likeness (QED) is 0.436. The molecule has 0 aliphatic carbocycles. The van der Waals surface area contributed by atoms with Gasteiger partial charge in [0.15, 0.2) is 0 Å². The molecule has 0 saturated carbocycles. The number of aromatic nitrogens is 2. The molecule has 0 aliphatic rings. The molecule has 128 valence electrons. The summed E-state index contributed by atoms with van der Waals surface area (Å²) in [5.41, 5.74) is -0.727. The molecule has 1 aromatic rings. The van der Waals surface area contributed by atoms with Gasteiger partial charge in [-0.2, -0.15) is 11.8 Å². The van der Waals surface area contributed by atoms with Crippen LogP contribution in [0.25, 0.3) is 6.08 Å². The molecule has 1 heterocycles. The highest BCUT2D eigenvalue weighted by Gasteiger charge is 2.13. The Hall–Kier alpha value is -1.65. The highest BCUT2D eigenvalue weighted by Crippen LogP contribution is 2.00. The minimum absolute atomic E-state index is 0.148. The van der Waals surface area contributed by atoms with E-state index in [2.05, 4.69) is 15.3 Å². The number of thioether (sulfide) groups is 1. The van der Waals surface area contributed by atoms with Crippen LogP contribution in [-0.4, -0.2) is 54.9 Å². The van der Waals surface area contributed by atoms with Gasteiger partial charge < -0.3 is 15.4 Å². The lowest BCUT2D eigenvalue weighted by atomic mass is 10.2. The first kappa shape index (κ1) is 19.4. The van der Waals surface area contributed by atoms with Gasteiger partial charge in [0.05, 0.1) is 23.3 Å². The average Bonchev–Trinajstić information content (AvgIpc) is 2.45. The molecule has 0 bridgehead atoms. The predicted molar refractivity (Wildman–Crippen MR) is 91.9 cm³/mol. The Labute approximate surface area is 139 Å². The standard InChI is InChI=1S/C13H19N3O5S2/c1-8-10(12(19)16-13(20)14-8)3-4-11(18)15-9(5-17)6-23(21)7-22-2/h3-4,9,17H,5-7H2,1-2H3,(H,15,18)(H2,14,16,19,20)/b4-3+/t9?,23-/m0/s1. The van der Waals surface area contributed by atoms with Crippen molar-refractivity contribution < 1.29 is 14.1 Å². The van der Waals surface area contributed by atoms with Gasteiger partial charge in [0, 0.05) is 28.3 Å². The fourth-order valence-corrected chi connectivity index (χ4v) is 3.84. The Morgan fingerprint density at radius 1 is 1.43 bits per heavy atom. The summed E-state index contributed by atoms with van der Waals surface area (Å²) in [7, 11) is -1.15. The van der Waals surface area contributed by atoms with Crippen LogP contribution in [0.5, 0.6) is 0 Å². The first-order valence-corrected chi connectivity index (χ1v) is 9.52. The van der Waals surface area contributed by atoms with E-state index in [4.69, 9.17) is 0 Å². The van der Waals surface area contributed by atoms with Gasteiger partial charge in [-0.15, -0.1) is 0 Å². The van der Waals surface area contributed by atoms with Gasteiger partial charge in [-0.1, -0.05) is 0 Å². The van der Waals surface area contributed by atoms with Crippen LogP contribution in [0.2, 0.25) is 0 Å². The second-order valence-electron chi connectivity index (χ2n) is 4.68. The van der Waals surface area contributed by atoms with Crippen molar-refractivity contribution in [3.8, 4) is 0 Å². The van der Waals surface area contributed by atoms with Crippen molar-refractivity contribution in [1.82, 2.24) is 15.3 Å². The Morgan fingerprint density at radius 2 is 2.13 bits per heavy atom. The van der Waals surface area contributed by atoms with Crippen molar-refractivity contribution >= 4 is 34.5 Å². The molecule has 0 fully saturated rings. The number of aromatic amines is 2. The van der Waals surface area contributed by atoms with Crippen LogP contribution in [0, 0.1) is 6.92 Å². The second-order valence-corrected chi connectivity index (χ2v) is 7.41. The molecule has 4 N–H and O–H groups in total. The van der Waals surface area contributed by atoms with Crippen molar-refractivity contribution in [3.63, 3.8) is 0 Å². The number of H-pyrrole nitrogens is 2. The lowest BCUT2D eigenvalue weighted by molar-refractivity contribution is -0.117. The van der Waals surface area contributed by atoms with Crippen molar-refractivity contribution in [2.75, 3.05) is 23.7 Å². The number of carbonyl (C=O) groups excluding carboxylic acids is 1. The number of aliphatic hydroxyl groups excluding tert-OH is 1. The largest absolute Gasteiger partial charge is 0.394 e. The maximum atomic E-state index is 11.8. The van der Waals surface area contributed by atoms with Crippen LogP contribution < -0.4 is 16.6 Å². The van der Waals surface area contributed by atoms with Crippen LogP contribution in [0.1, 0.15) is 11.3 Å². The Bertz CT molecular complexity index is 710. The summed E-state index contributed by atoms with van der Waals surface area (Å²) in [5, 5.41) is 12.2. The molecule has 1 aromatic heterocycles. The van der Waals surface area contributed by atoms with E-state index in [0.717, 1.165) is 6.08 Å². The third-order valence-electron chi connectivity index (χ3n) is 2.78. The van der Waals surface area contributed by atoms with Gasteiger partial charge in [-0.3, -0.25) is 18.8 Å². The summed E-state index contributed by atoms with van der Waals surface area (Å²) in [6.45, 7) is 1.20. The zero-order chi connectivity index (χ0) is 17.4. The normalized spacial score (nSPS) is 13.9. The van der Waals surface area contributed by atoms with Crippen LogP contribution in [-0.2, 0) is 15.6 Å². The molecule has 1 amide bonds. The summed E-state index contributed by atoms with van der Waals surface area (Å²) < 4.78 is 11.6. The van der Waals surface area contributed by atoms with E-state index in [1.54, 1.807) is 0 Å². The second kappa shape index (κ2) is 9.48. The summed E-state index contributed by atoms with van der Waals surface area (Å²) in [6.07, 6.45) is 4.21. The molecule has 10 heteroatoms. The lowest BCUT2D eigenvalue weighted by Crippen LogP contribution is -2.40. The summed E-state index contributed by atoms with van der Waals surface area (Å²) >= 11 is 1.42. The summed E-state index contributed by atoms with van der Waals surface area (Å²) in [5.74, 6) is -0.384. The number of amides is 1. The van der Waals surface area contributed by atoms with E-state index in [1.807, 2.05) is 6.26 Å². The van der Waals surface area contributed by atoms with Gasteiger partial charge in [-0.25, -0.2) is 4.79 Å². The number of rotatable bonds is 8. The van der Waals surface area contributed by atoms with Gasteiger partial charge in [-0.05, 0) is 19.3 Å². The van der Waals surface area contributed by atoms with E-state index >= 15 is 0 Å². The smallest absolute Gasteiger partial charge is 0.325 e. The SMILES string of the molecule is CSC[S@@](=O)CC(CO)NC(=O)/C=C/c1c(C)[nH]c(=O)[nH]c1=O. The number of carbonyl (C=O) groups is 1. The van der Waals surface area contributed by atoms with Crippen molar-refractivity contribution in [2.45, 2.75) is 13.0 Å². The molecule has 0 aromatic carbocycles. The number of hydrogen-bond donors (Lipinski definition) is 4. The number of aliphatic hydroxyl groups is 1. The fourth-order valence-electron chi connectivity index (χ4n) is 1.76. The third-order valence-corrected chi connectivity index (χ3v) is 5.55. The van der Waals surface area contributed by atoms with Gasteiger partial charge in [0.2, 0.25) is 5.91 Å². The summed E-state index contributed by atoms with van der Waals surface area (Å²) in [4.78, 5) is 39.0. The molecule has 0 radical (unpaired) electrons. The van der Waals surface area contributed by atoms with Crippen LogP contribution in [0.4, 0.5) is 0 Å².